The van der Waals surface area contributed by atoms with Crippen molar-refractivity contribution in [1.29, 1.82) is 0 Å². The molecule has 1 N–H and O–H groups in total. The molecule has 0 atom stereocenters. The third-order valence-electron chi connectivity index (χ3n) is 8.60. The SMILES string of the molecule is CCCCCCC=CCOC(=O)CCCCCCCC(CCCCCCCC(=O)OCC=CCCCCCC)OC(=O)NCCCN(C)C. The van der Waals surface area contributed by atoms with Crippen LogP contribution in [0.25, 0.3) is 0 Å². The Kier molecular flexibility index (Phi) is 35.1. The topological polar surface area (TPSA) is 94.2 Å². The van der Waals surface area contributed by atoms with Gasteiger partial charge in [-0.05, 0) is 91.3 Å². The number of allylic oxidation sites excluding steroid dienone is 2. The Morgan fingerprint density at radius 2 is 1.02 bits per heavy atom. The molecule has 0 aromatic heterocycles. The van der Waals surface area contributed by atoms with Crippen molar-refractivity contribution in [3.63, 3.8) is 0 Å². The van der Waals surface area contributed by atoms with Gasteiger partial charge in [0.25, 0.3) is 0 Å². The summed E-state index contributed by atoms with van der Waals surface area (Å²) in [7, 11) is 4.05. The summed E-state index contributed by atoms with van der Waals surface area (Å²) in [6.45, 7) is 6.72. The molecule has 0 aliphatic carbocycles. The first-order valence-electron chi connectivity index (χ1n) is 20.1. The number of amides is 1. The van der Waals surface area contributed by atoms with Gasteiger partial charge in [0.05, 0.1) is 0 Å². The zero-order valence-electron chi connectivity index (χ0n) is 32.3. The molecule has 0 radical (unpaired) electrons. The quantitative estimate of drug-likeness (QED) is 0.0306. The number of nitrogens with one attached hydrogen (secondary N) is 1. The molecule has 0 fully saturated rings. The number of rotatable bonds is 35. The number of ether oxygens (including phenoxy) is 3. The number of esters is 2. The summed E-state index contributed by atoms with van der Waals surface area (Å²) in [4.78, 5) is 38.5. The number of nitrogens with zero attached hydrogens (tertiary/aromatic N) is 1. The fourth-order valence-electron chi connectivity index (χ4n) is 5.56. The van der Waals surface area contributed by atoms with Gasteiger partial charge in [0.1, 0.15) is 19.3 Å². The third-order valence-corrected chi connectivity index (χ3v) is 8.60. The van der Waals surface area contributed by atoms with Gasteiger partial charge >= 0.3 is 18.0 Å². The average Bonchev–Trinajstić information content (AvgIpc) is 3.07. The highest BCUT2D eigenvalue weighted by molar-refractivity contribution is 5.69. The van der Waals surface area contributed by atoms with Gasteiger partial charge < -0.3 is 24.4 Å². The van der Waals surface area contributed by atoms with Crippen molar-refractivity contribution in [3.8, 4) is 0 Å². The summed E-state index contributed by atoms with van der Waals surface area (Å²) in [5.41, 5.74) is 0. The van der Waals surface area contributed by atoms with E-state index < -0.39 is 0 Å². The summed E-state index contributed by atoms with van der Waals surface area (Å²) in [6, 6.07) is 0. The van der Waals surface area contributed by atoms with E-state index in [-0.39, 0.29) is 24.1 Å². The van der Waals surface area contributed by atoms with Gasteiger partial charge in [0.15, 0.2) is 0 Å². The molecule has 0 aliphatic rings. The van der Waals surface area contributed by atoms with Gasteiger partial charge in [-0.25, -0.2) is 4.79 Å². The summed E-state index contributed by atoms with van der Waals surface area (Å²) in [5, 5.41) is 2.91. The minimum atomic E-state index is -0.321. The second-order valence-corrected chi connectivity index (χ2v) is 13.7. The van der Waals surface area contributed by atoms with Crippen LogP contribution in [0.1, 0.15) is 174 Å². The highest BCUT2D eigenvalue weighted by Crippen LogP contribution is 2.17. The van der Waals surface area contributed by atoms with E-state index in [1.54, 1.807) is 0 Å². The standard InChI is InChI=1S/C41H76N2O6/c1-5-7-9-11-13-21-27-36-47-39(44)32-25-19-15-17-23-30-38(49-41(46)42-34-29-35-43(3)4)31-24-18-16-20-26-33-40(45)48-37-28-22-14-12-10-8-6-2/h21-22,27-28,38H,5-20,23-26,29-37H2,1-4H3,(H,42,46). The Morgan fingerprint density at radius 1 is 0.571 bits per heavy atom. The van der Waals surface area contributed by atoms with Crippen molar-refractivity contribution in [2.24, 2.45) is 0 Å². The van der Waals surface area contributed by atoms with Gasteiger partial charge in [-0.15, -0.1) is 0 Å². The molecule has 0 unspecified atom stereocenters. The Hall–Kier alpha value is -2.35. The summed E-state index contributed by atoms with van der Waals surface area (Å²) in [6.07, 6.45) is 33.4. The lowest BCUT2D eigenvalue weighted by Gasteiger charge is -2.19. The van der Waals surface area contributed by atoms with Crippen molar-refractivity contribution in [3.05, 3.63) is 24.3 Å². The maximum Gasteiger partial charge on any atom is 0.407 e. The Balaban J connectivity index is 4.16. The number of hydrogen-bond acceptors (Lipinski definition) is 7. The van der Waals surface area contributed by atoms with Crippen molar-refractivity contribution in [2.45, 2.75) is 180 Å². The average molecular weight is 693 g/mol. The van der Waals surface area contributed by atoms with E-state index in [4.69, 9.17) is 14.2 Å². The third kappa shape index (κ3) is 36.7. The van der Waals surface area contributed by atoms with Gasteiger partial charge in [-0.3, -0.25) is 9.59 Å². The van der Waals surface area contributed by atoms with E-state index in [1.165, 1.54) is 51.4 Å². The van der Waals surface area contributed by atoms with Gasteiger partial charge in [-0.1, -0.05) is 115 Å². The Labute approximate surface area is 301 Å². The maximum atomic E-state index is 12.5. The predicted octanol–water partition coefficient (Wildman–Crippen LogP) is 10.6. The molecular weight excluding hydrogens is 616 g/mol. The monoisotopic (exact) mass is 693 g/mol. The van der Waals surface area contributed by atoms with E-state index in [0.29, 0.717) is 32.6 Å². The lowest BCUT2D eigenvalue weighted by molar-refractivity contribution is -0.143. The number of alkyl carbamates (subject to hydrolysis) is 1. The number of carbonyl (C=O) groups is 3. The first kappa shape index (κ1) is 46.6. The van der Waals surface area contributed by atoms with E-state index in [9.17, 15) is 14.4 Å². The van der Waals surface area contributed by atoms with Crippen LogP contribution in [0.5, 0.6) is 0 Å². The molecule has 0 spiro atoms. The molecule has 286 valence electrons. The first-order valence-corrected chi connectivity index (χ1v) is 20.1. The molecule has 0 aromatic carbocycles. The fourth-order valence-corrected chi connectivity index (χ4v) is 5.56. The van der Waals surface area contributed by atoms with E-state index in [0.717, 1.165) is 103 Å². The van der Waals surface area contributed by atoms with Gasteiger partial charge in [-0.2, -0.15) is 0 Å². The normalized spacial score (nSPS) is 12.2. The highest BCUT2D eigenvalue weighted by Gasteiger charge is 2.14. The summed E-state index contributed by atoms with van der Waals surface area (Å²) >= 11 is 0. The molecule has 0 aromatic rings. The van der Waals surface area contributed by atoms with E-state index >= 15 is 0 Å². The number of unbranched alkanes of at least 4 members (excludes halogenated alkanes) is 16. The maximum absolute atomic E-state index is 12.5. The smallest absolute Gasteiger partial charge is 0.407 e. The molecular formula is C41H76N2O6. The molecule has 0 rings (SSSR count). The van der Waals surface area contributed by atoms with Gasteiger partial charge in [0, 0.05) is 19.4 Å². The minimum Gasteiger partial charge on any atom is -0.461 e. The Bertz CT molecular complexity index is 777. The van der Waals surface area contributed by atoms with Crippen LogP contribution in [0.2, 0.25) is 0 Å². The van der Waals surface area contributed by atoms with Crippen molar-refractivity contribution >= 4 is 18.0 Å². The second kappa shape index (κ2) is 36.9. The second-order valence-electron chi connectivity index (χ2n) is 13.7. The molecule has 0 saturated carbocycles. The van der Waals surface area contributed by atoms with Crippen LogP contribution in [-0.2, 0) is 23.8 Å². The first-order chi connectivity index (χ1) is 23.9. The van der Waals surface area contributed by atoms with Crippen LogP contribution < -0.4 is 5.32 Å². The lowest BCUT2D eigenvalue weighted by atomic mass is 10.0. The van der Waals surface area contributed by atoms with Gasteiger partial charge in [0.2, 0.25) is 0 Å². The predicted molar refractivity (Wildman–Crippen MR) is 204 cm³/mol. The molecule has 8 nitrogen and oxygen atoms in total. The summed E-state index contributed by atoms with van der Waals surface area (Å²) < 4.78 is 16.5. The van der Waals surface area contributed by atoms with Crippen molar-refractivity contribution in [2.75, 3.05) is 40.4 Å². The van der Waals surface area contributed by atoms with Crippen LogP contribution in [0, 0.1) is 0 Å². The van der Waals surface area contributed by atoms with Crippen LogP contribution in [0.15, 0.2) is 24.3 Å². The molecule has 0 aliphatic heterocycles. The molecule has 1 amide bonds. The van der Waals surface area contributed by atoms with Crippen LogP contribution in [0.4, 0.5) is 4.79 Å². The zero-order chi connectivity index (χ0) is 36.0. The van der Waals surface area contributed by atoms with E-state index in [1.807, 2.05) is 26.2 Å². The molecule has 0 heterocycles. The fraction of sp³-hybridized carbons (Fsp3) is 0.829. The number of hydrogen-bond donors (Lipinski definition) is 1. The minimum absolute atomic E-state index is 0.0850. The van der Waals surface area contributed by atoms with Crippen molar-refractivity contribution < 1.29 is 28.6 Å². The van der Waals surface area contributed by atoms with Crippen LogP contribution in [-0.4, -0.2) is 69.4 Å². The summed E-state index contributed by atoms with van der Waals surface area (Å²) in [5.74, 6) is -0.228. The number of carbonyl (C=O) groups excluding carboxylic acids is 3. The molecule has 49 heavy (non-hydrogen) atoms. The molecule has 0 saturated heterocycles. The zero-order valence-corrected chi connectivity index (χ0v) is 32.3. The largest absolute Gasteiger partial charge is 0.461 e. The molecule has 0 bridgehead atoms. The van der Waals surface area contributed by atoms with Crippen molar-refractivity contribution in [1.82, 2.24) is 10.2 Å². The van der Waals surface area contributed by atoms with E-state index in [2.05, 4.69) is 36.2 Å². The lowest BCUT2D eigenvalue weighted by Crippen LogP contribution is -2.31. The Morgan fingerprint density at radius 3 is 1.49 bits per heavy atom. The van der Waals surface area contributed by atoms with Crippen LogP contribution in [0.3, 0.4) is 0 Å². The highest BCUT2D eigenvalue weighted by atomic mass is 16.6. The molecule has 8 heteroatoms. The van der Waals surface area contributed by atoms with Crippen LogP contribution >= 0.6 is 0 Å².